The van der Waals surface area contributed by atoms with Gasteiger partial charge in [-0.1, -0.05) is 147 Å². The summed E-state index contributed by atoms with van der Waals surface area (Å²) < 4.78 is 6.49. The maximum atomic E-state index is 6.49. The van der Waals surface area contributed by atoms with Crippen LogP contribution in [0.5, 0.6) is 0 Å². The lowest BCUT2D eigenvalue weighted by molar-refractivity contribution is 0.660. The molecular weight excluding hydrogens is 619 g/mol. The van der Waals surface area contributed by atoms with E-state index in [0.717, 1.165) is 44.6 Å². The molecule has 2 heteroatoms. The first kappa shape index (κ1) is 29.5. The van der Waals surface area contributed by atoms with E-state index in [-0.39, 0.29) is 5.41 Å². The van der Waals surface area contributed by atoms with Crippen LogP contribution >= 0.6 is 0 Å². The average molecular weight is 654 g/mol. The summed E-state index contributed by atoms with van der Waals surface area (Å²) in [6.07, 6.45) is 0. The van der Waals surface area contributed by atoms with Crippen LogP contribution in [0.3, 0.4) is 0 Å². The van der Waals surface area contributed by atoms with E-state index >= 15 is 0 Å². The number of hydrogen-bond donors (Lipinski definition) is 0. The third-order valence-corrected chi connectivity index (χ3v) is 10.9. The molecule has 0 fully saturated rings. The van der Waals surface area contributed by atoms with Crippen molar-refractivity contribution in [3.8, 4) is 33.4 Å². The molecule has 1 aromatic heterocycles. The molecule has 0 saturated carbocycles. The van der Waals surface area contributed by atoms with Gasteiger partial charge < -0.3 is 9.32 Å². The van der Waals surface area contributed by atoms with Crippen molar-refractivity contribution in [1.29, 1.82) is 0 Å². The number of fused-ring (bicyclic) bond motifs is 7. The molecule has 2 nitrogen and oxygen atoms in total. The predicted octanol–water partition coefficient (Wildman–Crippen LogP) is 13.8. The van der Waals surface area contributed by atoms with E-state index < -0.39 is 0 Å². The van der Waals surface area contributed by atoms with Gasteiger partial charge in [0, 0.05) is 39.2 Å². The Morgan fingerprint density at radius 3 is 1.96 bits per heavy atom. The van der Waals surface area contributed by atoms with Crippen molar-refractivity contribution in [3.63, 3.8) is 0 Å². The number of benzene rings is 8. The molecular formula is C49H35NO. The minimum Gasteiger partial charge on any atom is -0.456 e. The Morgan fingerprint density at radius 2 is 1.06 bits per heavy atom. The van der Waals surface area contributed by atoms with Gasteiger partial charge in [-0.25, -0.2) is 0 Å². The number of furan rings is 1. The van der Waals surface area contributed by atoms with Crippen LogP contribution in [0.4, 0.5) is 17.1 Å². The maximum Gasteiger partial charge on any atom is 0.137 e. The van der Waals surface area contributed by atoms with Gasteiger partial charge in [-0.3, -0.25) is 0 Å². The van der Waals surface area contributed by atoms with E-state index in [1.165, 1.54) is 49.7 Å². The van der Waals surface area contributed by atoms with E-state index in [9.17, 15) is 0 Å². The molecule has 1 aliphatic carbocycles. The summed E-state index contributed by atoms with van der Waals surface area (Å²) in [6, 6.07) is 63.8. The van der Waals surface area contributed by atoms with E-state index in [0.29, 0.717) is 0 Å². The molecule has 0 radical (unpaired) electrons. The van der Waals surface area contributed by atoms with Gasteiger partial charge in [-0.2, -0.15) is 0 Å². The number of rotatable bonds is 5. The zero-order valence-electron chi connectivity index (χ0n) is 28.6. The third-order valence-electron chi connectivity index (χ3n) is 10.9. The summed E-state index contributed by atoms with van der Waals surface area (Å²) in [4.78, 5) is 2.43. The molecule has 0 N–H and O–H groups in total. The van der Waals surface area contributed by atoms with Crippen LogP contribution in [-0.4, -0.2) is 0 Å². The Hall–Kier alpha value is -6.38. The summed E-state index contributed by atoms with van der Waals surface area (Å²) in [6.45, 7) is 4.70. The molecule has 8 aromatic carbocycles. The SMILES string of the molecule is CC1(C)c2ccccc2-c2ccc(N(c3ccc4c(c3)oc3ccccc34)c3cc(-c4cccc5ccccc45)ccc3-c3ccccc3)cc21. The summed E-state index contributed by atoms with van der Waals surface area (Å²) in [5.74, 6) is 0. The first-order valence-electron chi connectivity index (χ1n) is 17.7. The third kappa shape index (κ3) is 4.64. The van der Waals surface area contributed by atoms with Crippen molar-refractivity contribution in [3.05, 3.63) is 187 Å². The second kappa shape index (κ2) is 11.3. The van der Waals surface area contributed by atoms with Gasteiger partial charge in [0.2, 0.25) is 0 Å². The molecule has 0 spiro atoms. The Morgan fingerprint density at radius 1 is 0.412 bits per heavy atom. The van der Waals surface area contributed by atoms with Gasteiger partial charge in [0.15, 0.2) is 0 Å². The van der Waals surface area contributed by atoms with Crippen molar-refractivity contribution in [2.75, 3.05) is 4.90 Å². The maximum absolute atomic E-state index is 6.49. The van der Waals surface area contributed by atoms with Gasteiger partial charge in [0.25, 0.3) is 0 Å². The first-order valence-corrected chi connectivity index (χ1v) is 17.7. The molecule has 9 aromatic rings. The topological polar surface area (TPSA) is 16.4 Å². The van der Waals surface area contributed by atoms with Crippen LogP contribution in [0, 0.1) is 0 Å². The molecule has 1 heterocycles. The number of nitrogens with zero attached hydrogens (tertiary/aromatic N) is 1. The summed E-state index contributed by atoms with van der Waals surface area (Å²) in [5, 5.41) is 4.72. The normalized spacial score (nSPS) is 13.1. The molecule has 0 saturated heterocycles. The Bertz CT molecular complexity index is 2780. The molecule has 242 valence electrons. The number of anilines is 3. The van der Waals surface area contributed by atoms with E-state index in [4.69, 9.17) is 4.42 Å². The van der Waals surface area contributed by atoms with Crippen LogP contribution in [0.15, 0.2) is 180 Å². The molecule has 0 unspecified atom stereocenters. The highest BCUT2D eigenvalue weighted by Gasteiger charge is 2.36. The average Bonchev–Trinajstić information content (AvgIpc) is 3.66. The highest BCUT2D eigenvalue weighted by molar-refractivity contribution is 6.07. The van der Waals surface area contributed by atoms with Gasteiger partial charge in [-0.05, 0) is 86.1 Å². The zero-order valence-corrected chi connectivity index (χ0v) is 28.6. The van der Waals surface area contributed by atoms with Crippen molar-refractivity contribution in [2.45, 2.75) is 19.3 Å². The van der Waals surface area contributed by atoms with Crippen molar-refractivity contribution >= 4 is 49.8 Å². The summed E-state index contributed by atoms with van der Waals surface area (Å²) >= 11 is 0. The molecule has 10 rings (SSSR count). The van der Waals surface area contributed by atoms with Crippen LogP contribution in [0.2, 0.25) is 0 Å². The monoisotopic (exact) mass is 653 g/mol. The second-order valence-electron chi connectivity index (χ2n) is 14.1. The van der Waals surface area contributed by atoms with E-state index in [1.807, 2.05) is 12.1 Å². The van der Waals surface area contributed by atoms with Crippen LogP contribution < -0.4 is 4.90 Å². The minimum absolute atomic E-state index is 0.136. The Balaban J connectivity index is 1.26. The molecule has 0 amide bonds. The van der Waals surface area contributed by atoms with Crippen molar-refractivity contribution < 1.29 is 4.42 Å². The van der Waals surface area contributed by atoms with Crippen LogP contribution in [0.25, 0.3) is 66.1 Å². The smallest absolute Gasteiger partial charge is 0.137 e. The van der Waals surface area contributed by atoms with Gasteiger partial charge >= 0.3 is 0 Å². The fraction of sp³-hybridized carbons (Fsp3) is 0.0612. The molecule has 51 heavy (non-hydrogen) atoms. The highest BCUT2D eigenvalue weighted by Crippen LogP contribution is 2.52. The fourth-order valence-corrected chi connectivity index (χ4v) is 8.34. The molecule has 0 aliphatic heterocycles. The summed E-state index contributed by atoms with van der Waals surface area (Å²) in [5.41, 5.74) is 14.9. The first-order chi connectivity index (χ1) is 25.0. The van der Waals surface area contributed by atoms with Gasteiger partial charge in [0.1, 0.15) is 11.2 Å². The van der Waals surface area contributed by atoms with Crippen LogP contribution in [-0.2, 0) is 5.41 Å². The predicted molar refractivity (Wildman–Crippen MR) is 214 cm³/mol. The van der Waals surface area contributed by atoms with E-state index in [1.54, 1.807) is 0 Å². The highest BCUT2D eigenvalue weighted by atomic mass is 16.3. The van der Waals surface area contributed by atoms with Crippen molar-refractivity contribution in [1.82, 2.24) is 0 Å². The molecule has 0 bridgehead atoms. The molecule has 1 aliphatic rings. The second-order valence-corrected chi connectivity index (χ2v) is 14.1. The van der Waals surface area contributed by atoms with Gasteiger partial charge in [0.05, 0.1) is 5.69 Å². The van der Waals surface area contributed by atoms with Crippen molar-refractivity contribution in [2.24, 2.45) is 0 Å². The lowest BCUT2D eigenvalue weighted by Gasteiger charge is -2.30. The summed E-state index contributed by atoms with van der Waals surface area (Å²) in [7, 11) is 0. The largest absolute Gasteiger partial charge is 0.456 e. The van der Waals surface area contributed by atoms with Gasteiger partial charge in [-0.15, -0.1) is 0 Å². The lowest BCUT2D eigenvalue weighted by Crippen LogP contribution is -2.17. The standard InChI is InChI=1S/C49H35NO/c1-49(2)44-21-10-8-18-40(44)41-27-24-35(30-45(41)49)50(36-25-28-43-42-19-9-11-22-47(42)51-48(43)31-36)46-29-34(23-26-39(46)33-13-4-3-5-14-33)38-20-12-16-32-15-6-7-17-37(32)38/h3-31H,1-2H3. The van der Waals surface area contributed by atoms with E-state index in [2.05, 4.69) is 183 Å². The minimum atomic E-state index is -0.136. The number of hydrogen-bond acceptors (Lipinski definition) is 2. The fourth-order valence-electron chi connectivity index (χ4n) is 8.34. The quantitative estimate of drug-likeness (QED) is 0.184. The Kier molecular flexibility index (Phi) is 6.56. The molecule has 0 atom stereocenters. The lowest BCUT2D eigenvalue weighted by atomic mass is 9.82. The Labute approximate surface area is 297 Å². The number of para-hydroxylation sites is 1. The van der Waals surface area contributed by atoms with Crippen LogP contribution in [0.1, 0.15) is 25.0 Å². The zero-order chi connectivity index (χ0) is 34.1.